The lowest BCUT2D eigenvalue weighted by molar-refractivity contribution is 0.758. The van der Waals surface area contributed by atoms with Crippen LogP contribution >= 0.6 is 0 Å². The molecule has 2 aromatic rings. The molecule has 14 heavy (non-hydrogen) atoms. The zero-order chi connectivity index (χ0) is 10.1. The molecule has 2 rings (SSSR count). The average molecular weight is 187 g/mol. The number of rotatable bonds is 1. The van der Waals surface area contributed by atoms with Gasteiger partial charge < -0.3 is 4.57 Å². The number of aromatic nitrogens is 1. The summed E-state index contributed by atoms with van der Waals surface area (Å²) in [6.45, 7) is 4.95. The van der Waals surface area contributed by atoms with Gasteiger partial charge in [-0.1, -0.05) is 12.1 Å². The highest BCUT2D eigenvalue weighted by molar-refractivity contribution is 5.79. The van der Waals surface area contributed by atoms with Gasteiger partial charge in [-0.15, -0.1) is 0 Å². The summed E-state index contributed by atoms with van der Waals surface area (Å²) in [5.41, 5.74) is 2.17. The third-order valence-corrected chi connectivity index (χ3v) is 2.54. The Hall–Kier alpha value is -1.57. The molecule has 0 fully saturated rings. The SMILES string of the molecule is CCn1c(C)cc(=O)c2ccccc21. The second-order valence-corrected chi connectivity index (χ2v) is 3.41. The van der Waals surface area contributed by atoms with Gasteiger partial charge in [0.15, 0.2) is 5.43 Å². The van der Waals surface area contributed by atoms with Crippen molar-refractivity contribution in [1.82, 2.24) is 4.57 Å². The van der Waals surface area contributed by atoms with Crippen molar-refractivity contribution in [2.24, 2.45) is 0 Å². The topological polar surface area (TPSA) is 22.0 Å². The van der Waals surface area contributed by atoms with Crippen LogP contribution in [0.4, 0.5) is 0 Å². The summed E-state index contributed by atoms with van der Waals surface area (Å²) in [5, 5.41) is 0.806. The lowest BCUT2D eigenvalue weighted by Gasteiger charge is -2.11. The van der Waals surface area contributed by atoms with E-state index in [9.17, 15) is 4.79 Å². The highest BCUT2D eigenvalue weighted by Crippen LogP contribution is 2.11. The molecule has 0 saturated heterocycles. The monoisotopic (exact) mass is 187 g/mol. The zero-order valence-electron chi connectivity index (χ0n) is 8.45. The Labute approximate surface area is 82.8 Å². The minimum atomic E-state index is 0.114. The molecule has 0 amide bonds. The van der Waals surface area contributed by atoms with Crippen molar-refractivity contribution in [2.45, 2.75) is 20.4 Å². The predicted molar refractivity (Wildman–Crippen MR) is 58.6 cm³/mol. The van der Waals surface area contributed by atoms with Crippen LogP contribution < -0.4 is 5.43 Å². The van der Waals surface area contributed by atoms with Crippen molar-refractivity contribution < 1.29 is 0 Å². The fourth-order valence-corrected chi connectivity index (χ4v) is 1.87. The number of pyridine rings is 1. The Balaban J connectivity index is 2.98. The number of para-hydroxylation sites is 1. The molecule has 1 aromatic heterocycles. The second-order valence-electron chi connectivity index (χ2n) is 3.41. The minimum absolute atomic E-state index is 0.114. The molecule has 0 aliphatic heterocycles. The van der Waals surface area contributed by atoms with Crippen LogP contribution in [0.15, 0.2) is 35.1 Å². The summed E-state index contributed by atoms with van der Waals surface area (Å²) in [7, 11) is 0. The fraction of sp³-hybridized carbons (Fsp3) is 0.250. The van der Waals surface area contributed by atoms with Crippen molar-refractivity contribution >= 4 is 10.9 Å². The van der Waals surface area contributed by atoms with Crippen LogP contribution in [-0.4, -0.2) is 4.57 Å². The van der Waals surface area contributed by atoms with E-state index in [4.69, 9.17) is 0 Å². The van der Waals surface area contributed by atoms with Gasteiger partial charge >= 0.3 is 0 Å². The molecule has 0 bridgehead atoms. The van der Waals surface area contributed by atoms with E-state index < -0.39 is 0 Å². The normalized spacial score (nSPS) is 10.7. The van der Waals surface area contributed by atoms with Crippen LogP contribution in [-0.2, 0) is 6.54 Å². The van der Waals surface area contributed by atoms with Crippen LogP contribution in [0.2, 0.25) is 0 Å². The van der Waals surface area contributed by atoms with Gasteiger partial charge in [0.2, 0.25) is 0 Å². The Kier molecular flexibility index (Phi) is 2.12. The first-order valence-electron chi connectivity index (χ1n) is 4.83. The summed E-state index contributed by atoms with van der Waals surface area (Å²) in [5.74, 6) is 0. The third kappa shape index (κ3) is 1.23. The summed E-state index contributed by atoms with van der Waals surface area (Å²) >= 11 is 0. The standard InChI is InChI=1S/C12H13NO/c1-3-13-9(2)8-12(14)10-6-4-5-7-11(10)13/h4-8H,3H2,1-2H3. The first-order chi connectivity index (χ1) is 6.74. The van der Waals surface area contributed by atoms with E-state index in [-0.39, 0.29) is 5.43 Å². The number of hydrogen-bond donors (Lipinski definition) is 0. The molecule has 2 nitrogen and oxygen atoms in total. The van der Waals surface area contributed by atoms with Crippen molar-refractivity contribution in [3.8, 4) is 0 Å². The van der Waals surface area contributed by atoms with Gasteiger partial charge in [0, 0.05) is 23.7 Å². The van der Waals surface area contributed by atoms with E-state index >= 15 is 0 Å². The highest BCUT2D eigenvalue weighted by Gasteiger charge is 2.03. The first-order valence-corrected chi connectivity index (χ1v) is 4.83. The summed E-state index contributed by atoms with van der Waals surface area (Å²) < 4.78 is 2.15. The average Bonchev–Trinajstić information content (AvgIpc) is 2.18. The molecule has 0 atom stereocenters. The molecule has 0 aliphatic carbocycles. The zero-order valence-corrected chi connectivity index (χ0v) is 8.45. The van der Waals surface area contributed by atoms with Gasteiger partial charge in [0.05, 0.1) is 5.52 Å². The number of fused-ring (bicyclic) bond motifs is 1. The van der Waals surface area contributed by atoms with Gasteiger partial charge in [0.1, 0.15) is 0 Å². The van der Waals surface area contributed by atoms with Gasteiger partial charge in [-0.05, 0) is 26.0 Å². The summed E-state index contributed by atoms with van der Waals surface area (Å²) in [6.07, 6.45) is 0. The molecule has 0 saturated carbocycles. The van der Waals surface area contributed by atoms with Crippen LogP contribution in [0.3, 0.4) is 0 Å². The van der Waals surface area contributed by atoms with Crippen molar-refractivity contribution in [2.75, 3.05) is 0 Å². The van der Waals surface area contributed by atoms with Crippen LogP contribution in [0.1, 0.15) is 12.6 Å². The first kappa shape index (κ1) is 9.00. The van der Waals surface area contributed by atoms with Crippen LogP contribution in [0.5, 0.6) is 0 Å². The molecule has 1 heterocycles. The summed E-state index contributed by atoms with van der Waals surface area (Å²) in [4.78, 5) is 11.7. The molecule has 0 aliphatic rings. The van der Waals surface area contributed by atoms with E-state index in [1.807, 2.05) is 31.2 Å². The van der Waals surface area contributed by atoms with Crippen molar-refractivity contribution in [3.05, 3.63) is 46.2 Å². The van der Waals surface area contributed by atoms with Crippen LogP contribution in [0.25, 0.3) is 10.9 Å². The Morgan fingerprint density at radius 3 is 2.71 bits per heavy atom. The Morgan fingerprint density at radius 2 is 2.00 bits per heavy atom. The van der Waals surface area contributed by atoms with Gasteiger partial charge in [-0.2, -0.15) is 0 Å². The molecular formula is C12H13NO. The second kappa shape index (κ2) is 3.29. The minimum Gasteiger partial charge on any atom is -0.345 e. The Bertz CT molecular complexity index is 525. The van der Waals surface area contributed by atoms with Crippen molar-refractivity contribution in [1.29, 1.82) is 0 Å². The quantitative estimate of drug-likeness (QED) is 0.671. The van der Waals surface area contributed by atoms with E-state index in [0.29, 0.717) is 0 Å². The third-order valence-electron chi connectivity index (χ3n) is 2.54. The van der Waals surface area contributed by atoms with Gasteiger partial charge in [0.25, 0.3) is 0 Å². The molecule has 1 aromatic carbocycles. The maximum Gasteiger partial charge on any atom is 0.189 e. The number of aryl methyl sites for hydroxylation is 2. The molecular weight excluding hydrogens is 174 g/mol. The smallest absolute Gasteiger partial charge is 0.189 e. The Morgan fingerprint density at radius 1 is 1.29 bits per heavy atom. The number of hydrogen-bond acceptors (Lipinski definition) is 1. The van der Waals surface area contributed by atoms with E-state index in [2.05, 4.69) is 11.5 Å². The summed E-state index contributed by atoms with van der Waals surface area (Å²) in [6, 6.07) is 9.44. The maximum absolute atomic E-state index is 11.7. The van der Waals surface area contributed by atoms with Crippen molar-refractivity contribution in [3.63, 3.8) is 0 Å². The van der Waals surface area contributed by atoms with E-state index in [1.54, 1.807) is 6.07 Å². The molecule has 0 spiro atoms. The fourth-order valence-electron chi connectivity index (χ4n) is 1.87. The molecule has 72 valence electrons. The molecule has 0 radical (unpaired) electrons. The van der Waals surface area contributed by atoms with Gasteiger partial charge in [-0.3, -0.25) is 4.79 Å². The van der Waals surface area contributed by atoms with E-state index in [1.165, 1.54) is 0 Å². The number of benzene rings is 1. The molecule has 0 N–H and O–H groups in total. The molecule has 0 unspecified atom stereocenters. The van der Waals surface area contributed by atoms with E-state index in [0.717, 1.165) is 23.1 Å². The lowest BCUT2D eigenvalue weighted by atomic mass is 10.2. The number of nitrogens with zero attached hydrogens (tertiary/aromatic N) is 1. The maximum atomic E-state index is 11.7. The molecule has 2 heteroatoms. The highest BCUT2D eigenvalue weighted by atomic mass is 16.1. The van der Waals surface area contributed by atoms with Gasteiger partial charge in [-0.25, -0.2) is 0 Å². The lowest BCUT2D eigenvalue weighted by Crippen LogP contribution is -2.10. The predicted octanol–water partition coefficient (Wildman–Crippen LogP) is 2.33. The largest absolute Gasteiger partial charge is 0.345 e. The van der Waals surface area contributed by atoms with Crippen LogP contribution in [0, 0.1) is 6.92 Å².